The van der Waals surface area contributed by atoms with Crippen LogP contribution in [0.2, 0.25) is 0 Å². The van der Waals surface area contributed by atoms with Gasteiger partial charge in [-0.05, 0) is 91.6 Å². The van der Waals surface area contributed by atoms with Crippen LogP contribution in [0.15, 0.2) is 190 Å². The second-order valence-electron chi connectivity index (χ2n) is 13.0. The van der Waals surface area contributed by atoms with E-state index in [1.807, 2.05) is 17.4 Å². The monoisotopic (exact) mass is 703 g/mol. The minimum Gasteiger partial charge on any atom is -0.310 e. The Hall–Kier alpha value is -5.79. The van der Waals surface area contributed by atoms with Crippen molar-refractivity contribution in [2.75, 3.05) is 0 Å². The summed E-state index contributed by atoms with van der Waals surface area (Å²) >= 11 is 1.87. The van der Waals surface area contributed by atoms with E-state index < -0.39 is 10.0 Å². The average Bonchev–Trinajstić information content (AvgIpc) is 3.76. The topological polar surface area (TPSA) is 4.93 Å². The molecule has 1 unspecified atom stereocenters. The van der Waals surface area contributed by atoms with E-state index in [1.54, 1.807) is 0 Å². The van der Waals surface area contributed by atoms with E-state index in [0.717, 1.165) is 18.5 Å². The molecule has 0 saturated carbocycles. The molecule has 1 aliphatic rings. The van der Waals surface area contributed by atoms with E-state index in [-0.39, 0.29) is 0 Å². The highest BCUT2D eigenvalue weighted by atomic mass is 32.3. The van der Waals surface area contributed by atoms with E-state index in [4.69, 9.17) is 0 Å². The summed E-state index contributed by atoms with van der Waals surface area (Å²) in [6, 6.07) is 57.6. The van der Waals surface area contributed by atoms with Crippen molar-refractivity contribution >= 4 is 64.1 Å². The van der Waals surface area contributed by atoms with Crippen molar-refractivity contribution in [3.8, 4) is 5.69 Å². The minimum absolute atomic E-state index is 1.05. The summed E-state index contributed by atoms with van der Waals surface area (Å²) in [6.07, 6.45) is 13.3. The van der Waals surface area contributed by atoms with Crippen molar-refractivity contribution in [1.82, 2.24) is 4.57 Å². The van der Waals surface area contributed by atoms with Gasteiger partial charge in [-0.3, -0.25) is 0 Å². The van der Waals surface area contributed by atoms with Gasteiger partial charge in [-0.1, -0.05) is 122 Å². The Morgan fingerprint density at radius 1 is 0.769 bits per heavy atom. The zero-order valence-corrected chi connectivity index (χ0v) is 30.7. The standard InChI is InChI=1S/C49H37NS2/c1-3-19-42(44-30-18-29-43-41-28-13-16-33-47(41)51-49(43)44)48(4-2)52(36-21-7-5-8-22-36,37-23-9-6-10-24-37)38-25-17-20-35(34-38)50-45-31-14-11-26-39(45)40-27-12-15-32-46(40)50/h3-5,7-9,11,13-26,28-34H,2,12,27H2,1H3/b19-3-,48-42-. The zero-order chi connectivity index (χ0) is 35.1. The van der Waals surface area contributed by atoms with E-state index in [2.05, 4.69) is 194 Å². The molecule has 0 N–H and O–H groups in total. The third-order valence-electron chi connectivity index (χ3n) is 10.2. The first kappa shape index (κ1) is 32.1. The molecule has 2 heterocycles. The zero-order valence-electron chi connectivity index (χ0n) is 29.1. The second-order valence-corrected chi connectivity index (χ2v) is 17.1. The van der Waals surface area contributed by atoms with Crippen LogP contribution >= 0.6 is 21.4 Å². The molecule has 0 saturated heterocycles. The molecule has 3 heteroatoms. The fourth-order valence-corrected chi connectivity index (χ4v) is 13.3. The van der Waals surface area contributed by atoms with Gasteiger partial charge in [0.25, 0.3) is 0 Å². The Kier molecular flexibility index (Phi) is 8.28. The number of hydrogen-bond donors (Lipinski definition) is 0. The number of nitrogens with zero attached hydrogens (tertiary/aromatic N) is 1. The van der Waals surface area contributed by atoms with Crippen LogP contribution < -0.4 is 0 Å². The Morgan fingerprint density at radius 2 is 1.54 bits per heavy atom. The van der Waals surface area contributed by atoms with Crippen molar-refractivity contribution < 1.29 is 0 Å². The first-order chi connectivity index (χ1) is 25.7. The molecule has 0 spiro atoms. The van der Waals surface area contributed by atoms with Gasteiger partial charge < -0.3 is 4.57 Å². The molecule has 9 rings (SSSR count). The SMILES string of the molecule is C=C/C(=C(\C=C/C)c1cccc2c1sc1ccccc12)S(c1cc#ccc1)(c1ccccc1)c1cccc(-n2c3c(c4ccccc42)CCC=C3)c1. The molecule has 0 amide bonds. The molecular weight excluding hydrogens is 667 g/mol. The molecule has 0 radical (unpaired) electrons. The maximum Gasteiger partial charge on any atom is 0.0537 e. The van der Waals surface area contributed by atoms with Crippen molar-refractivity contribution in [3.63, 3.8) is 0 Å². The number of rotatable bonds is 8. The predicted molar refractivity (Wildman–Crippen MR) is 225 cm³/mol. The number of thiophene rings is 1. The average molecular weight is 704 g/mol. The lowest BCUT2D eigenvalue weighted by Gasteiger charge is -2.43. The molecule has 250 valence electrons. The van der Waals surface area contributed by atoms with E-state index in [0.29, 0.717) is 0 Å². The summed E-state index contributed by atoms with van der Waals surface area (Å²) in [5.74, 6) is 0. The second kappa shape index (κ2) is 13.4. The third-order valence-corrected chi connectivity index (χ3v) is 15.3. The summed E-state index contributed by atoms with van der Waals surface area (Å²) in [6.45, 7) is 6.74. The van der Waals surface area contributed by atoms with Crippen molar-refractivity contribution in [1.29, 1.82) is 0 Å². The highest BCUT2D eigenvalue weighted by Crippen LogP contribution is 2.75. The minimum atomic E-state index is -2.15. The first-order valence-corrected chi connectivity index (χ1v) is 20.2. The van der Waals surface area contributed by atoms with Gasteiger partial charge in [-0.15, -0.1) is 21.4 Å². The predicted octanol–water partition coefficient (Wildman–Crippen LogP) is 14.0. The number of fused-ring (bicyclic) bond motifs is 6. The molecule has 6 aromatic carbocycles. The number of aromatic nitrogens is 1. The largest absolute Gasteiger partial charge is 0.310 e. The maximum absolute atomic E-state index is 4.63. The molecule has 1 nitrogen and oxygen atoms in total. The van der Waals surface area contributed by atoms with Gasteiger partial charge >= 0.3 is 0 Å². The number of hydrogen-bond acceptors (Lipinski definition) is 1. The van der Waals surface area contributed by atoms with Crippen molar-refractivity contribution in [2.24, 2.45) is 0 Å². The molecule has 1 aliphatic carbocycles. The lowest BCUT2D eigenvalue weighted by Crippen LogP contribution is -2.09. The quantitative estimate of drug-likeness (QED) is 0.139. The molecule has 1 atom stereocenters. The summed E-state index contributed by atoms with van der Waals surface area (Å²) in [5.41, 5.74) is 7.50. The highest BCUT2D eigenvalue weighted by molar-refractivity contribution is 8.37. The van der Waals surface area contributed by atoms with Crippen LogP contribution in [0, 0.1) is 12.1 Å². The van der Waals surface area contributed by atoms with Gasteiger partial charge in [-0.2, -0.15) is 0 Å². The van der Waals surface area contributed by atoms with Crippen LogP contribution in [0.5, 0.6) is 0 Å². The Bertz CT molecular complexity index is 2660. The third kappa shape index (κ3) is 5.02. The maximum atomic E-state index is 4.63. The lowest BCUT2D eigenvalue weighted by molar-refractivity contribution is 0.966. The van der Waals surface area contributed by atoms with Crippen LogP contribution in [-0.2, 0) is 6.42 Å². The normalized spacial score (nSPS) is 13.7. The number of benzene rings is 5. The number of allylic oxidation sites excluding steroid dienone is 5. The molecule has 2 aromatic heterocycles. The fraction of sp³-hybridized carbons (Fsp3) is 0.0612. The Morgan fingerprint density at radius 3 is 2.37 bits per heavy atom. The van der Waals surface area contributed by atoms with Gasteiger partial charge in [0.1, 0.15) is 0 Å². The van der Waals surface area contributed by atoms with Crippen LogP contribution in [0.25, 0.3) is 48.4 Å². The van der Waals surface area contributed by atoms with E-state index in [9.17, 15) is 0 Å². The van der Waals surface area contributed by atoms with Gasteiger partial charge in [0, 0.05) is 68.2 Å². The molecule has 0 bridgehead atoms. The lowest BCUT2D eigenvalue weighted by atomic mass is 10.0. The molecular formula is C49H37NS2. The summed E-state index contributed by atoms with van der Waals surface area (Å²) in [7, 11) is -2.15. The van der Waals surface area contributed by atoms with E-state index >= 15 is 0 Å². The smallest absolute Gasteiger partial charge is 0.0537 e. The van der Waals surface area contributed by atoms with Crippen LogP contribution in [-0.4, -0.2) is 4.57 Å². The summed E-state index contributed by atoms with van der Waals surface area (Å²) in [5, 5.41) is 3.91. The van der Waals surface area contributed by atoms with Crippen molar-refractivity contribution in [3.05, 3.63) is 204 Å². The number of para-hydroxylation sites is 1. The number of aryl methyl sites for hydroxylation is 1. The van der Waals surface area contributed by atoms with Crippen LogP contribution in [0.1, 0.15) is 30.2 Å². The Balaban J connectivity index is 1.41. The fourth-order valence-electron chi connectivity index (χ4n) is 8.05. The van der Waals surface area contributed by atoms with Crippen molar-refractivity contribution in [2.45, 2.75) is 34.5 Å². The summed E-state index contributed by atoms with van der Waals surface area (Å²) < 4.78 is 5.05. The van der Waals surface area contributed by atoms with Gasteiger partial charge in [-0.25, -0.2) is 0 Å². The van der Waals surface area contributed by atoms with Gasteiger partial charge in [0.15, 0.2) is 0 Å². The summed E-state index contributed by atoms with van der Waals surface area (Å²) in [4.78, 5) is 4.86. The van der Waals surface area contributed by atoms with Crippen LogP contribution in [0.4, 0.5) is 0 Å². The molecule has 0 aliphatic heterocycles. The molecule has 52 heavy (non-hydrogen) atoms. The highest BCUT2D eigenvalue weighted by Gasteiger charge is 2.36. The first-order valence-electron chi connectivity index (χ1n) is 17.8. The van der Waals surface area contributed by atoms with Gasteiger partial charge in [0.2, 0.25) is 0 Å². The van der Waals surface area contributed by atoms with E-state index in [1.165, 1.54) is 73.1 Å². The molecule has 8 aromatic rings. The van der Waals surface area contributed by atoms with Gasteiger partial charge in [0.05, 0.1) is 5.52 Å². The Labute approximate surface area is 311 Å². The molecule has 0 fully saturated rings. The van der Waals surface area contributed by atoms with Crippen LogP contribution in [0.3, 0.4) is 0 Å².